The van der Waals surface area contributed by atoms with E-state index in [2.05, 4.69) is 15.4 Å². The van der Waals surface area contributed by atoms with E-state index >= 15 is 0 Å². The van der Waals surface area contributed by atoms with Gasteiger partial charge < -0.3 is 10.8 Å². The Balaban J connectivity index is 1.52. The third-order valence-corrected chi connectivity index (χ3v) is 4.42. The lowest BCUT2D eigenvalue weighted by Gasteiger charge is -2.29. The van der Waals surface area contributed by atoms with Crippen LogP contribution in [-0.2, 0) is 6.54 Å². The first-order valence-corrected chi connectivity index (χ1v) is 8.78. The van der Waals surface area contributed by atoms with Gasteiger partial charge in [-0.2, -0.15) is 5.10 Å². The molecule has 6 heteroatoms. The first kappa shape index (κ1) is 18.1. The molecule has 1 saturated heterocycles. The van der Waals surface area contributed by atoms with Crippen molar-refractivity contribution in [3.05, 3.63) is 65.2 Å². The lowest BCUT2D eigenvalue weighted by Crippen LogP contribution is -2.37. The Morgan fingerprint density at radius 1 is 1.23 bits per heavy atom. The van der Waals surface area contributed by atoms with Gasteiger partial charge in [0, 0.05) is 24.3 Å². The molecular formula is C20H24N4O2. The summed E-state index contributed by atoms with van der Waals surface area (Å²) in [6, 6.07) is 14.7. The number of nitrogen functional groups attached to an aromatic ring is 1. The van der Waals surface area contributed by atoms with Crippen LogP contribution in [0.5, 0.6) is 0 Å². The third-order valence-electron chi connectivity index (χ3n) is 4.42. The van der Waals surface area contributed by atoms with E-state index < -0.39 is 0 Å². The van der Waals surface area contributed by atoms with Gasteiger partial charge in [0.05, 0.1) is 12.3 Å². The van der Waals surface area contributed by atoms with Crippen LogP contribution in [0, 0.1) is 0 Å². The number of nitrogens with one attached hydrogen (secondary N) is 1. The second kappa shape index (κ2) is 8.60. The molecule has 0 radical (unpaired) electrons. The number of piperidine rings is 1. The highest BCUT2D eigenvalue weighted by Gasteiger charge is 2.17. The third kappa shape index (κ3) is 5.15. The fourth-order valence-corrected chi connectivity index (χ4v) is 3.01. The number of rotatable bonds is 5. The summed E-state index contributed by atoms with van der Waals surface area (Å²) in [4.78, 5) is 14.4. The summed E-state index contributed by atoms with van der Waals surface area (Å²) in [7, 11) is 0. The number of carbonyl (C=O) groups is 1. The molecule has 136 valence electrons. The van der Waals surface area contributed by atoms with Crippen LogP contribution in [-0.4, -0.2) is 41.3 Å². The van der Waals surface area contributed by atoms with E-state index in [9.17, 15) is 9.90 Å². The molecule has 26 heavy (non-hydrogen) atoms. The summed E-state index contributed by atoms with van der Waals surface area (Å²) in [6.45, 7) is 2.50. The molecule has 3 rings (SSSR count). The minimum atomic E-state index is -0.253. The average Bonchev–Trinajstić information content (AvgIpc) is 2.64. The summed E-state index contributed by atoms with van der Waals surface area (Å²) in [5.74, 6) is -0.253. The zero-order valence-electron chi connectivity index (χ0n) is 14.6. The van der Waals surface area contributed by atoms with E-state index in [0.29, 0.717) is 17.8 Å². The molecule has 0 saturated carbocycles. The van der Waals surface area contributed by atoms with Crippen molar-refractivity contribution in [2.24, 2.45) is 5.10 Å². The molecule has 0 spiro atoms. The SMILES string of the molecule is Nc1ccc(/C=N/NC(=O)c2ccc(CN3CCCC(O)C3)cc2)cc1. The Morgan fingerprint density at radius 3 is 2.65 bits per heavy atom. The van der Waals surface area contributed by atoms with Crippen molar-refractivity contribution in [1.82, 2.24) is 10.3 Å². The minimum Gasteiger partial charge on any atom is -0.399 e. The molecule has 1 heterocycles. The molecule has 0 aliphatic carbocycles. The van der Waals surface area contributed by atoms with E-state index in [1.807, 2.05) is 24.3 Å². The smallest absolute Gasteiger partial charge is 0.271 e. The molecule has 4 N–H and O–H groups in total. The summed E-state index contributed by atoms with van der Waals surface area (Å²) >= 11 is 0. The summed E-state index contributed by atoms with van der Waals surface area (Å²) in [5.41, 5.74) is 11.4. The predicted molar refractivity (Wildman–Crippen MR) is 103 cm³/mol. The number of carbonyl (C=O) groups excluding carboxylic acids is 1. The number of aliphatic hydroxyl groups is 1. The van der Waals surface area contributed by atoms with Crippen LogP contribution in [0.3, 0.4) is 0 Å². The van der Waals surface area contributed by atoms with Crippen molar-refractivity contribution in [2.45, 2.75) is 25.5 Å². The highest BCUT2D eigenvalue weighted by molar-refractivity contribution is 5.94. The molecule has 1 amide bonds. The van der Waals surface area contributed by atoms with Crippen molar-refractivity contribution in [3.8, 4) is 0 Å². The molecule has 2 aromatic carbocycles. The summed E-state index contributed by atoms with van der Waals surface area (Å²) in [5, 5.41) is 13.7. The number of hydrogen-bond acceptors (Lipinski definition) is 5. The van der Waals surface area contributed by atoms with E-state index in [1.54, 1.807) is 30.5 Å². The average molecular weight is 352 g/mol. The second-order valence-corrected chi connectivity index (χ2v) is 6.59. The Bertz CT molecular complexity index is 756. The Hall–Kier alpha value is -2.70. The molecule has 1 fully saturated rings. The van der Waals surface area contributed by atoms with Crippen LogP contribution < -0.4 is 11.2 Å². The normalized spacial score (nSPS) is 18.1. The topological polar surface area (TPSA) is 90.9 Å². The maximum Gasteiger partial charge on any atom is 0.271 e. The standard InChI is InChI=1S/C20H24N4O2/c21-18-9-5-15(6-10-18)12-22-23-20(26)17-7-3-16(4-8-17)13-24-11-1-2-19(25)14-24/h3-10,12,19,25H,1-2,11,13-14,21H2,(H,23,26)/b22-12+. The van der Waals surface area contributed by atoms with E-state index in [4.69, 9.17) is 5.73 Å². The lowest BCUT2D eigenvalue weighted by molar-refractivity contribution is 0.0668. The van der Waals surface area contributed by atoms with Gasteiger partial charge in [0.1, 0.15) is 0 Å². The number of amides is 1. The van der Waals surface area contributed by atoms with Gasteiger partial charge >= 0.3 is 0 Å². The number of nitrogens with zero attached hydrogens (tertiary/aromatic N) is 2. The van der Waals surface area contributed by atoms with Crippen molar-refractivity contribution >= 4 is 17.8 Å². The number of hydrogen-bond donors (Lipinski definition) is 3. The maximum absolute atomic E-state index is 12.1. The largest absolute Gasteiger partial charge is 0.399 e. The van der Waals surface area contributed by atoms with Crippen LogP contribution in [0.2, 0.25) is 0 Å². The number of anilines is 1. The van der Waals surface area contributed by atoms with Gasteiger partial charge in [-0.25, -0.2) is 5.43 Å². The molecule has 1 atom stereocenters. The Labute approximate surface area is 153 Å². The Morgan fingerprint density at radius 2 is 1.96 bits per heavy atom. The number of likely N-dealkylation sites (tertiary alicyclic amines) is 1. The van der Waals surface area contributed by atoms with Gasteiger partial charge in [0.25, 0.3) is 5.91 Å². The molecule has 0 bridgehead atoms. The molecule has 2 aromatic rings. The van der Waals surface area contributed by atoms with Gasteiger partial charge in [-0.1, -0.05) is 24.3 Å². The number of nitrogens with two attached hydrogens (primary N) is 1. The van der Waals surface area contributed by atoms with Crippen LogP contribution in [0.4, 0.5) is 5.69 Å². The molecule has 1 aliphatic rings. The monoisotopic (exact) mass is 352 g/mol. The molecular weight excluding hydrogens is 328 g/mol. The van der Waals surface area contributed by atoms with Gasteiger partial charge in [0.15, 0.2) is 0 Å². The van der Waals surface area contributed by atoms with Gasteiger partial charge in [-0.05, 0) is 54.8 Å². The minimum absolute atomic E-state index is 0.229. The quantitative estimate of drug-likeness (QED) is 0.436. The predicted octanol–water partition coefficient (Wildman–Crippen LogP) is 1.99. The van der Waals surface area contributed by atoms with Gasteiger partial charge in [-0.15, -0.1) is 0 Å². The van der Waals surface area contributed by atoms with Crippen LogP contribution in [0.25, 0.3) is 0 Å². The zero-order chi connectivity index (χ0) is 18.4. The van der Waals surface area contributed by atoms with Crippen LogP contribution in [0.1, 0.15) is 34.3 Å². The van der Waals surface area contributed by atoms with E-state index in [-0.39, 0.29) is 12.0 Å². The first-order valence-electron chi connectivity index (χ1n) is 8.78. The molecule has 1 unspecified atom stereocenters. The van der Waals surface area contributed by atoms with Crippen molar-refractivity contribution in [3.63, 3.8) is 0 Å². The lowest BCUT2D eigenvalue weighted by atomic mass is 10.1. The number of hydrazone groups is 1. The van der Waals surface area contributed by atoms with Crippen molar-refractivity contribution in [2.75, 3.05) is 18.8 Å². The highest BCUT2D eigenvalue weighted by atomic mass is 16.3. The number of β-amino-alcohol motifs (C(OH)–C–C–N with tert-alkyl or cyclic N) is 1. The zero-order valence-corrected chi connectivity index (χ0v) is 14.6. The van der Waals surface area contributed by atoms with Gasteiger partial charge in [-0.3, -0.25) is 9.69 Å². The number of benzene rings is 2. The van der Waals surface area contributed by atoms with E-state index in [1.165, 1.54) is 0 Å². The summed E-state index contributed by atoms with van der Waals surface area (Å²) in [6.07, 6.45) is 3.25. The second-order valence-electron chi connectivity index (χ2n) is 6.59. The van der Waals surface area contributed by atoms with Crippen molar-refractivity contribution in [1.29, 1.82) is 0 Å². The molecule has 0 aromatic heterocycles. The van der Waals surface area contributed by atoms with Gasteiger partial charge in [0.2, 0.25) is 0 Å². The fraction of sp³-hybridized carbons (Fsp3) is 0.300. The van der Waals surface area contributed by atoms with Crippen LogP contribution in [0.15, 0.2) is 53.6 Å². The molecule has 1 aliphatic heterocycles. The first-order chi connectivity index (χ1) is 12.6. The maximum atomic E-state index is 12.1. The highest BCUT2D eigenvalue weighted by Crippen LogP contribution is 2.14. The van der Waals surface area contributed by atoms with Crippen LogP contribution >= 0.6 is 0 Å². The Kier molecular flexibility index (Phi) is 5.99. The fourth-order valence-electron chi connectivity index (χ4n) is 3.01. The van der Waals surface area contributed by atoms with E-state index in [0.717, 1.165) is 37.1 Å². The van der Waals surface area contributed by atoms with Crippen molar-refractivity contribution < 1.29 is 9.90 Å². The number of aliphatic hydroxyl groups excluding tert-OH is 1. The summed E-state index contributed by atoms with van der Waals surface area (Å²) < 4.78 is 0. The molecule has 6 nitrogen and oxygen atoms in total.